The van der Waals surface area contributed by atoms with Crippen molar-refractivity contribution < 1.29 is 4.79 Å². The number of hydrogen-bond acceptors (Lipinski definition) is 5. The molecule has 1 aromatic carbocycles. The van der Waals surface area contributed by atoms with Crippen molar-refractivity contribution in [2.75, 3.05) is 0 Å². The van der Waals surface area contributed by atoms with Gasteiger partial charge >= 0.3 is 0 Å². The van der Waals surface area contributed by atoms with Crippen molar-refractivity contribution in [1.29, 1.82) is 0 Å². The van der Waals surface area contributed by atoms with Crippen molar-refractivity contribution in [1.82, 2.24) is 9.97 Å². The molecule has 3 aromatic rings. The topological polar surface area (TPSA) is 42.9 Å². The van der Waals surface area contributed by atoms with Crippen LogP contribution in [0.4, 0.5) is 0 Å². The highest BCUT2D eigenvalue weighted by molar-refractivity contribution is 8.00. The molecule has 2 aromatic heterocycles. The first kappa shape index (κ1) is 14.8. The Labute approximate surface area is 143 Å². The van der Waals surface area contributed by atoms with Gasteiger partial charge in [-0.3, -0.25) is 4.79 Å². The molecule has 0 aliphatic heterocycles. The summed E-state index contributed by atoms with van der Waals surface area (Å²) in [5.41, 5.74) is 3.56. The molecule has 1 aliphatic rings. The van der Waals surface area contributed by atoms with Crippen LogP contribution in [0, 0.1) is 0 Å². The van der Waals surface area contributed by atoms with Crippen LogP contribution in [0.5, 0.6) is 0 Å². The molecule has 0 radical (unpaired) electrons. The molecule has 3 nitrogen and oxygen atoms in total. The van der Waals surface area contributed by atoms with Crippen molar-refractivity contribution in [2.45, 2.75) is 36.5 Å². The summed E-state index contributed by atoms with van der Waals surface area (Å²) >= 11 is 3.12. The number of hydrogen-bond donors (Lipinski definition) is 0. The molecule has 5 heteroatoms. The molecule has 2 heterocycles. The fourth-order valence-corrected chi connectivity index (χ4v) is 4.82. The van der Waals surface area contributed by atoms with Gasteiger partial charge in [-0.2, -0.15) is 0 Å². The maximum Gasteiger partial charge on any atom is 0.175 e. The number of thioether (sulfide) groups is 1. The van der Waals surface area contributed by atoms with E-state index >= 15 is 0 Å². The number of Topliss-reactive ketones (excluding diaryl/α,β-unsaturated/α-hetero) is 1. The van der Waals surface area contributed by atoms with Gasteiger partial charge in [-0.25, -0.2) is 9.97 Å². The van der Waals surface area contributed by atoms with E-state index in [0.29, 0.717) is 0 Å². The smallest absolute Gasteiger partial charge is 0.175 e. The van der Waals surface area contributed by atoms with Crippen LogP contribution >= 0.6 is 23.1 Å². The van der Waals surface area contributed by atoms with Crippen molar-refractivity contribution in [2.24, 2.45) is 0 Å². The van der Waals surface area contributed by atoms with Gasteiger partial charge in [0.1, 0.15) is 16.2 Å². The molecule has 0 N–H and O–H groups in total. The summed E-state index contributed by atoms with van der Waals surface area (Å²) in [7, 11) is 0. The minimum absolute atomic E-state index is 0.160. The summed E-state index contributed by atoms with van der Waals surface area (Å²) in [5, 5.41) is 3.78. The monoisotopic (exact) mass is 340 g/mol. The van der Waals surface area contributed by atoms with E-state index in [2.05, 4.69) is 22.1 Å². The van der Waals surface area contributed by atoms with E-state index in [-0.39, 0.29) is 11.0 Å². The molecule has 0 saturated heterocycles. The van der Waals surface area contributed by atoms with Crippen molar-refractivity contribution >= 4 is 39.1 Å². The van der Waals surface area contributed by atoms with E-state index in [1.807, 2.05) is 24.4 Å². The first-order chi connectivity index (χ1) is 11.2. The van der Waals surface area contributed by atoms with Crippen LogP contribution in [0.2, 0.25) is 0 Å². The lowest BCUT2D eigenvalue weighted by Gasteiger charge is -2.11. The largest absolute Gasteiger partial charge is 0.293 e. The third-order valence-corrected chi connectivity index (χ3v) is 6.20. The molecule has 1 atom stereocenters. The zero-order valence-corrected chi connectivity index (χ0v) is 14.4. The highest BCUT2D eigenvalue weighted by atomic mass is 32.2. The normalized spacial score (nSPS) is 14.8. The van der Waals surface area contributed by atoms with Crippen LogP contribution in [0.1, 0.15) is 34.8 Å². The number of thiophene rings is 1. The highest BCUT2D eigenvalue weighted by Gasteiger charge is 2.20. The minimum atomic E-state index is -0.160. The quantitative estimate of drug-likeness (QED) is 0.397. The number of aryl methyl sites for hydroxylation is 2. The molecular formula is C18H16N2OS2. The van der Waals surface area contributed by atoms with E-state index in [1.54, 1.807) is 17.7 Å². The SMILES string of the molecule is C[C@H](Sc1ncnc2sccc12)C(=O)c1ccc2c(c1)CCC2. The zero-order chi connectivity index (χ0) is 15.8. The van der Waals surface area contributed by atoms with Crippen LogP contribution in [-0.2, 0) is 12.8 Å². The Morgan fingerprint density at radius 2 is 2.09 bits per heavy atom. The third kappa shape index (κ3) is 2.79. The molecular weight excluding hydrogens is 324 g/mol. The maximum atomic E-state index is 12.8. The van der Waals surface area contributed by atoms with Crippen LogP contribution in [0.3, 0.4) is 0 Å². The molecule has 0 fully saturated rings. The molecule has 0 unspecified atom stereocenters. The van der Waals surface area contributed by atoms with Gasteiger partial charge in [-0.05, 0) is 54.8 Å². The van der Waals surface area contributed by atoms with E-state index in [0.717, 1.165) is 33.6 Å². The fourth-order valence-electron chi connectivity index (χ4n) is 3.04. The lowest BCUT2D eigenvalue weighted by atomic mass is 10.0. The lowest BCUT2D eigenvalue weighted by Crippen LogP contribution is -2.14. The Morgan fingerprint density at radius 3 is 3.00 bits per heavy atom. The van der Waals surface area contributed by atoms with E-state index in [4.69, 9.17) is 0 Å². The molecule has 4 rings (SSSR count). The Morgan fingerprint density at radius 1 is 1.22 bits per heavy atom. The number of benzene rings is 1. The summed E-state index contributed by atoms with van der Waals surface area (Å²) in [4.78, 5) is 22.4. The molecule has 0 amide bonds. The van der Waals surface area contributed by atoms with Gasteiger partial charge in [0, 0.05) is 10.9 Å². The molecule has 116 valence electrons. The fraction of sp³-hybridized carbons (Fsp3) is 0.278. The first-order valence-electron chi connectivity index (χ1n) is 7.73. The number of carbonyl (C=O) groups is 1. The minimum Gasteiger partial charge on any atom is -0.293 e. The second-order valence-corrected chi connectivity index (χ2v) is 8.00. The second-order valence-electron chi connectivity index (χ2n) is 5.78. The Hall–Kier alpha value is -1.72. The van der Waals surface area contributed by atoms with Gasteiger partial charge in [0.2, 0.25) is 0 Å². The Balaban J connectivity index is 1.58. The second kappa shape index (κ2) is 6.06. The van der Waals surface area contributed by atoms with Crippen molar-refractivity contribution in [3.8, 4) is 0 Å². The highest BCUT2D eigenvalue weighted by Crippen LogP contribution is 2.32. The number of nitrogens with zero attached hydrogens (tertiary/aromatic N) is 2. The van der Waals surface area contributed by atoms with Crippen LogP contribution in [0.25, 0.3) is 10.2 Å². The van der Waals surface area contributed by atoms with Gasteiger partial charge in [0.15, 0.2) is 5.78 Å². The standard InChI is InChI=1S/C18H16N2OS2/c1-11(23-18-15-7-8-22-17(15)19-10-20-18)16(21)14-6-5-12-3-2-4-13(12)9-14/h5-11H,2-4H2,1H3/t11-/m0/s1. The first-order valence-corrected chi connectivity index (χ1v) is 9.49. The number of carbonyl (C=O) groups excluding carboxylic acids is 1. The summed E-state index contributed by atoms with van der Waals surface area (Å²) in [6.45, 7) is 1.96. The summed E-state index contributed by atoms with van der Waals surface area (Å²) in [5.74, 6) is 0.173. The van der Waals surface area contributed by atoms with Gasteiger partial charge in [0.25, 0.3) is 0 Å². The predicted octanol–water partition coefficient (Wildman–Crippen LogP) is 4.54. The average molecular weight is 340 g/mol. The third-order valence-electron chi connectivity index (χ3n) is 4.27. The van der Waals surface area contributed by atoms with Gasteiger partial charge < -0.3 is 0 Å². The molecule has 0 bridgehead atoms. The number of rotatable bonds is 4. The summed E-state index contributed by atoms with van der Waals surface area (Å²) in [6, 6.07) is 8.20. The van der Waals surface area contributed by atoms with Crippen molar-refractivity contribution in [3.63, 3.8) is 0 Å². The van der Waals surface area contributed by atoms with E-state index in [1.165, 1.54) is 29.3 Å². The number of ketones is 1. The summed E-state index contributed by atoms with van der Waals surface area (Å²) < 4.78 is 0. The van der Waals surface area contributed by atoms with Crippen LogP contribution in [-0.4, -0.2) is 21.0 Å². The van der Waals surface area contributed by atoms with E-state index < -0.39 is 0 Å². The maximum absolute atomic E-state index is 12.8. The van der Waals surface area contributed by atoms with Crippen molar-refractivity contribution in [3.05, 3.63) is 52.7 Å². The molecule has 1 aliphatic carbocycles. The zero-order valence-electron chi connectivity index (χ0n) is 12.8. The average Bonchev–Trinajstić information content (AvgIpc) is 3.22. The summed E-state index contributed by atoms with van der Waals surface area (Å²) in [6.07, 6.45) is 5.02. The molecule has 0 spiro atoms. The molecule has 23 heavy (non-hydrogen) atoms. The van der Waals surface area contributed by atoms with Crippen LogP contribution < -0.4 is 0 Å². The van der Waals surface area contributed by atoms with Gasteiger partial charge in [-0.1, -0.05) is 23.9 Å². The van der Waals surface area contributed by atoms with Gasteiger partial charge in [0.05, 0.1) is 5.25 Å². The number of aromatic nitrogens is 2. The lowest BCUT2D eigenvalue weighted by molar-refractivity contribution is 0.0994. The Kier molecular flexibility index (Phi) is 3.91. The number of fused-ring (bicyclic) bond motifs is 2. The predicted molar refractivity (Wildman–Crippen MR) is 95.5 cm³/mol. The van der Waals surface area contributed by atoms with Gasteiger partial charge in [-0.15, -0.1) is 11.3 Å². The molecule has 0 saturated carbocycles. The van der Waals surface area contributed by atoms with E-state index in [9.17, 15) is 4.79 Å². The Bertz CT molecular complexity index is 888. The van der Waals surface area contributed by atoms with Crippen LogP contribution in [0.15, 0.2) is 41.0 Å².